The summed E-state index contributed by atoms with van der Waals surface area (Å²) in [6.45, 7) is 1.80. The Labute approximate surface area is 163 Å². The van der Waals surface area contributed by atoms with Gasteiger partial charge in [-0.05, 0) is 55.5 Å². The van der Waals surface area contributed by atoms with Crippen molar-refractivity contribution in [3.8, 4) is 28.3 Å². The fourth-order valence-electron chi connectivity index (χ4n) is 2.62. The van der Waals surface area contributed by atoms with E-state index in [4.69, 9.17) is 9.72 Å². The Kier molecular flexibility index (Phi) is 6.01. The average Bonchev–Trinajstić information content (AvgIpc) is 2.74. The van der Waals surface area contributed by atoms with E-state index in [1.165, 1.54) is 0 Å². The van der Waals surface area contributed by atoms with E-state index in [-0.39, 0.29) is 6.61 Å². The lowest BCUT2D eigenvalue weighted by Crippen LogP contribution is -2.24. The Morgan fingerprint density at radius 3 is 2.00 bits per heavy atom. The van der Waals surface area contributed by atoms with Crippen LogP contribution in [0.2, 0.25) is 0 Å². The third kappa shape index (κ3) is 4.54. The Hall–Kier alpha value is -3.67. The Bertz CT molecular complexity index is 967. The van der Waals surface area contributed by atoms with E-state index < -0.39 is 11.9 Å². The second-order valence-corrected chi connectivity index (χ2v) is 5.89. The molecule has 0 bridgehead atoms. The number of anilines is 1. The van der Waals surface area contributed by atoms with Crippen molar-refractivity contribution in [1.29, 1.82) is 0 Å². The molecule has 0 radical (unpaired) electrons. The van der Waals surface area contributed by atoms with Gasteiger partial charge in [-0.2, -0.15) is 0 Å². The normalized spacial score (nSPS) is 10.2. The van der Waals surface area contributed by atoms with Crippen LogP contribution in [0.1, 0.15) is 6.92 Å². The second-order valence-electron chi connectivity index (χ2n) is 5.89. The van der Waals surface area contributed by atoms with E-state index in [9.17, 15) is 9.59 Å². The predicted molar refractivity (Wildman–Crippen MR) is 107 cm³/mol. The monoisotopic (exact) mass is 376 g/mol. The standard InChI is InChI=1S/C22H20N2O4/c1-3-28-22(26)21(25)23-17-11-7-15(8-12-17)19-5-4-6-20(24-19)16-9-13-18(27-2)14-10-16/h4-14H,3H2,1-2H3,(H,23,25). The molecule has 0 aliphatic rings. The third-order valence-electron chi connectivity index (χ3n) is 4.03. The van der Waals surface area contributed by atoms with Crippen molar-refractivity contribution in [2.75, 3.05) is 19.0 Å². The molecule has 2 aromatic carbocycles. The molecule has 6 nitrogen and oxygen atoms in total. The molecule has 1 heterocycles. The molecule has 3 rings (SSSR count). The second kappa shape index (κ2) is 8.81. The topological polar surface area (TPSA) is 77.5 Å². The van der Waals surface area contributed by atoms with E-state index >= 15 is 0 Å². The number of hydrogen-bond acceptors (Lipinski definition) is 5. The first-order chi connectivity index (χ1) is 13.6. The van der Waals surface area contributed by atoms with Gasteiger partial charge in [-0.15, -0.1) is 0 Å². The summed E-state index contributed by atoms with van der Waals surface area (Å²) in [6.07, 6.45) is 0. The quantitative estimate of drug-likeness (QED) is 0.539. The van der Waals surface area contributed by atoms with Gasteiger partial charge >= 0.3 is 11.9 Å². The highest BCUT2D eigenvalue weighted by molar-refractivity contribution is 6.37. The van der Waals surface area contributed by atoms with Gasteiger partial charge in [0.15, 0.2) is 0 Å². The van der Waals surface area contributed by atoms with Crippen LogP contribution in [0, 0.1) is 0 Å². The number of esters is 1. The summed E-state index contributed by atoms with van der Waals surface area (Å²) in [5.74, 6) is -0.907. The van der Waals surface area contributed by atoms with Crippen LogP contribution >= 0.6 is 0 Å². The minimum Gasteiger partial charge on any atom is -0.497 e. The molecular weight excluding hydrogens is 356 g/mol. The highest BCUT2D eigenvalue weighted by Gasteiger charge is 2.14. The van der Waals surface area contributed by atoms with Crippen molar-refractivity contribution in [3.05, 3.63) is 66.7 Å². The van der Waals surface area contributed by atoms with Crippen LogP contribution in [-0.4, -0.2) is 30.6 Å². The van der Waals surface area contributed by atoms with Crippen molar-refractivity contribution in [2.45, 2.75) is 6.92 Å². The zero-order valence-corrected chi connectivity index (χ0v) is 15.6. The number of aromatic nitrogens is 1. The lowest BCUT2D eigenvalue weighted by molar-refractivity contribution is -0.152. The van der Waals surface area contributed by atoms with Gasteiger partial charge in [-0.25, -0.2) is 9.78 Å². The third-order valence-corrected chi connectivity index (χ3v) is 4.03. The fraction of sp³-hybridized carbons (Fsp3) is 0.136. The smallest absolute Gasteiger partial charge is 0.397 e. The predicted octanol–water partition coefficient (Wildman–Crippen LogP) is 3.93. The van der Waals surface area contributed by atoms with Gasteiger partial charge in [0, 0.05) is 16.8 Å². The van der Waals surface area contributed by atoms with E-state index in [1.807, 2.05) is 54.6 Å². The van der Waals surface area contributed by atoms with Crippen molar-refractivity contribution in [2.24, 2.45) is 0 Å². The average molecular weight is 376 g/mol. The first kappa shape index (κ1) is 19.1. The zero-order valence-electron chi connectivity index (χ0n) is 15.6. The van der Waals surface area contributed by atoms with E-state index in [2.05, 4.69) is 10.1 Å². The van der Waals surface area contributed by atoms with Gasteiger partial charge in [0.05, 0.1) is 25.1 Å². The minimum absolute atomic E-state index is 0.154. The number of hydrogen-bond donors (Lipinski definition) is 1. The van der Waals surface area contributed by atoms with Gasteiger partial charge in [-0.1, -0.05) is 18.2 Å². The lowest BCUT2D eigenvalue weighted by Gasteiger charge is -2.08. The molecule has 0 saturated carbocycles. The summed E-state index contributed by atoms with van der Waals surface area (Å²) in [4.78, 5) is 27.8. The number of nitrogens with zero attached hydrogens (tertiary/aromatic N) is 1. The summed E-state index contributed by atoms with van der Waals surface area (Å²) in [6, 6.07) is 20.6. The number of ether oxygens (including phenoxy) is 2. The summed E-state index contributed by atoms with van der Waals surface area (Å²) in [5.41, 5.74) is 4.04. The molecule has 0 spiro atoms. The summed E-state index contributed by atoms with van der Waals surface area (Å²) >= 11 is 0. The van der Waals surface area contributed by atoms with Crippen LogP contribution in [0.5, 0.6) is 5.75 Å². The molecule has 0 unspecified atom stereocenters. The minimum atomic E-state index is -0.902. The van der Waals surface area contributed by atoms with Gasteiger partial charge in [0.1, 0.15) is 5.75 Å². The molecule has 3 aromatic rings. The summed E-state index contributed by atoms with van der Waals surface area (Å²) in [7, 11) is 1.63. The Balaban J connectivity index is 1.76. The molecule has 0 aliphatic heterocycles. The largest absolute Gasteiger partial charge is 0.497 e. The van der Waals surface area contributed by atoms with Crippen LogP contribution in [-0.2, 0) is 14.3 Å². The number of benzene rings is 2. The first-order valence-electron chi connectivity index (χ1n) is 8.80. The number of methoxy groups -OCH3 is 1. The molecule has 0 saturated heterocycles. The molecule has 1 N–H and O–H groups in total. The molecule has 28 heavy (non-hydrogen) atoms. The van der Waals surface area contributed by atoms with Crippen molar-refractivity contribution < 1.29 is 19.1 Å². The lowest BCUT2D eigenvalue weighted by atomic mass is 10.1. The van der Waals surface area contributed by atoms with Crippen LogP contribution in [0.15, 0.2) is 66.7 Å². The maximum atomic E-state index is 11.7. The maximum absolute atomic E-state index is 11.7. The van der Waals surface area contributed by atoms with Crippen LogP contribution < -0.4 is 10.1 Å². The molecule has 0 atom stereocenters. The van der Waals surface area contributed by atoms with E-state index in [1.54, 1.807) is 26.2 Å². The van der Waals surface area contributed by atoms with E-state index in [0.717, 1.165) is 28.3 Å². The van der Waals surface area contributed by atoms with Crippen molar-refractivity contribution in [1.82, 2.24) is 4.98 Å². The van der Waals surface area contributed by atoms with Gasteiger partial charge < -0.3 is 14.8 Å². The summed E-state index contributed by atoms with van der Waals surface area (Å²) < 4.78 is 9.86. The molecule has 0 aliphatic carbocycles. The first-order valence-corrected chi connectivity index (χ1v) is 8.80. The van der Waals surface area contributed by atoms with Crippen LogP contribution in [0.3, 0.4) is 0 Å². The number of rotatable bonds is 5. The number of nitrogens with one attached hydrogen (secondary N) is 1. The van der Waals surface area contributed by atoms with Gasteiger partial charge in [-0.3, -0.25) is 4.79 Å². The summed E-state index contributed by atoms with van der Waals surface area (Å²) in [5, 5.41) is 2.51. The van der Waals surface area contributed by atoms with E-state index in [0.29, 0.717) is 5.69 Å². The molecule has 1 amide bonds. The van der Waals surface area contributed by atoms with Crippen LogP contribution in [0.4, 0.5) is 5.69 Å². The molecule has 0 fully saturated rings. The molecule has 1 aromatic heterocycles. The Morgan fingerprint density at radius 1 is 0.893 bits per heavy atom. The van der Waals surface area contributed by atoms with Crippen molar-refractivity contribution in [3.63, 3.8) is 0 Å². The van der Waals surface area contributed by atoms with Gasteiger partial charge in [0.25, 0.3) is 0 Å². The highest BCUT2D eigenvalue weighted by atomic mass is 16.5. The number of carbonyl (C=O) groups is 2. The Morgan fingerprint density at radius 2 is 1.46 bits per heavy atom. The molecule has 142 valence electrons. The number of carbonyl (C=O) groups excluding carboxylic acids is 2. The number of pyridine rings is 1. The zero-order chi connectivity index (χ0) is 19.9. The van der Waals surface area contributed by atoms with Gasteiger partial charge in [0.2, 0.25) is 0 Å². The van der Waals surface area contributed by atoms with Crippen LogP contribution in [0.25, 0.3) is 22.5 Å². The maximum Gasteiger partial charge on any atom is 0.397 e. The SMILES string of the molecule is CCOC(=O)C(=O)Nc1ccc(-c2cccc(-c3ccc(OC)cc3)n2)cc1. The highest BCUT2D eigenvalue weighted by Crippen LogP contribution is 2.25. The molecule has 6 heteroatoms. The van der Waals surface area contributed by atoms with Crippen molar-refractivity contribution >= 4 is 17.6 Å². The fourth-order valence-corrected chi connectivity index (χ4v) is 2.62. The molecular formula is C22H20N2O4. The number of amides is 1.